The van der Waals surface area contributed by atoms with Crippen LogP contribution in [0.5, 0.6) is 0 Å². The Labute approximate surface area is 145 Å². The summed E-state index contributed by atoms with van der Waals surface area (Å²) in [4.78, 5) is 33.0. The summed E-state index contributed by atoms with van der Waals surface area (Å²) < 4.78 is 4.78. The molecule has 1 aromatic heterocycles. The van der Waals surface area contributed by atoms with Crippen LogP contribution in [0.2, 0.25) is 0 Å². The molecule has 1 heterocycles. The molecule has 0 bridgehead atoms. The predicted molar refractivity (Wildman–Crippen MR) is 92.8 cm³/mol. The van der Waals surface area contributed by atoms with Gasteiger partial charge in [0.2, 0.25) is 5.91 Å². The third kappa shape index (κ3) is 7.96. The fraction of sp³-hybridized carbons (Fsp3) is 0.500. The lowest BCUT2D eigenvalue weighted by Crippen LogP contribution is -2.21. The maximum absolute atomic E-state index is 11.7. The zero-order chi connectivity index (χ0) is 17.8. The summed E-state index contributed by atoms with van der Waals surface area (Å²) in [6.07, 6.45) is 8.16. The van der Waals surface area contributed by atoms with Crippen molar-refractivity contribution in [2.45, 2.75) is 45.4 Å². The second-order valence-electron chi connectivity index (χ2n) is 5.16. The lowest BCUT2D eigenvalue weighted by molar-refractivity contribution is -0.402. The van der Waals surface area contributed by atoms with Gasteiger partial charge in [0, 0.05) is 12.6 Å². The van der Waals surface area contributed by atoms with Crippen molar-refractivity contribution in [3.8, 4) is 0 Å². The number of nitro groups is 1. The Balaban J connectivity index is 2.19. The monoisotopic (exact) mass is 354 g/mol. The van der Waals surface area contributed by atoms with Crippen molar-refractivity contribution in [2.24, 2.45) is 0 Å². The number of carbonyl (C=O) groups excluding carboxylic acids is 2. The minimum Gasteiger partial charge on any atom is -0.397 e. The molecule has 0 aromatic carbocycles. The third-order valence-electron chi connectivity index (χ3n) is 3.20. The molecule has 1 aromatic rings. The van der Waals surface area contributed by atoms with E-state index in [1.165, 1.54) is 43.2 Å². The molecule has 0 spiro atoms. The molecule has 1 rings (SSSR count). The van der Waals surface area contributed by atoms with E-state index in [4.69, 9.17) is 4.42 Å². The van der Waals surface area contributed by atoms with Crippen LogP contribution in [0.3, 0.4) is 0 Å². The molecular weight excluding hydrogens is 332 g/mol. The smallest absolute Gasteiger partial charge is 0.397 e. The number of hydrogen-bond donors (Lipinski definition) is 1. The third-order valence-corrected chi connectivity index (χ3v) is 3.88. The van der Waals surface area contributed by atoms with Gasteiger partial charge < -0.3 is 9.73 Å². The van der Waals surface area contributed by atoms with Gasteiger partial charge in [-0.25, -0.2) is 0 Å². The van der Waals surface area contributed by atoms with Gasteiger partial charge in [0.1, 0.15) is 4.92 Å². The Kier molecular flexibility index (Phi) is 9.52. The zero-order valence-electron chi connectivity index (χ0n) is 13.7. The molecule has 0 aliphatic carbocycles. The summed E-state index contributed by atoms with van der Waals surface area (Å²) in [5, 5.41) is 14.1. The van der Waals surface area contributed by atoms with E-state index in [1.807, 2.05) is 0 Å². The lowest BCUT2D eigenvalue weighted by Gasteiger charge is -2.02. The molecule has 24 heavy (non-hydrogen) atoms. The number of rotatable bonds is 11. The van der Waals surface area contributed by atoms with E-state index in [1.54, 1.807) is 0 Å². The molecule has 1 amide bonds. The topological polar surface area (TPSA) is 102 Å². The van der Waals surface area contributed by atoms with E-state index >= 15 is 0 Å². The van der Waals surface area contributed by atoms with Crippen molar-refractivity contribution in [3.05, 3.63) is 39.5 Å². The SMILES string of the molecule is CCCCCCCCNC(=O)C=CSC(=O)c1ccc([N+](=O)[O-])o1. The highest BCUT2D eigenvalue weighted by Gasteiger charge is 2.16. The number of amides is 1. The molecule has 0 unspecified atom stereocenters. The average Bonchev–Trinajstić information content (AvgIpc) is 3.04. The first kappa shape index (κ1) is 20.0. The summed E-state index contributed by atoms with van der Waals surface area (Å²) in [5.41, 5.74) is 0. The van der Waals surface area contributed by atoms with Crippen LogP contribution in [-0.4, -0.2) is 22.5 Å². The molecule has 0 saturated heterocycles. The van der Waals surface area contributed by atoms with Gasteiger partial charge in [0.25, 0.3) is 5.12 Å². The van der Waals surface area contributed by atoms with Crippen molar-refractivity contribution in [2.75, 3.05) is 6.54 Å². The first-order chi connectivity index (χ1) is 11.5. The summed E-state index contributed by atoms with van der Waals surface area (Å²) in [6.45, 7) is 2.78. The number of nitrogens with zero attached hydrogens (tertiary/aromatic N) is 1. The number of nitrogens with one attached hydrogen (secondary N) is 1. The molecular formula is C16H22N2O5S. The van der Waals surface area contributed by atoms with Gasteiger partial charge in [-0.15, -0.1) is 0 Å². The molecule has 0 aliphatic heterocycles. The number of thioether (sulfide) groups is 1. The standard InChI is InChI=1S/C16H22N2O5S/c1-2-3-4-5-6-7-11-17-14(19)10-12-24-16(20)13-8-9-15(23-13)18(21)22/h8-10,12H,2-7,11H2,1H3,(H,17,19). The summed E-state index contributed by atoms with van der Waals surface area (Å²) in [5.74, 6) is -0.877. The molecule has 0 atom stereocenters. The first-order valence-electron chi connectivity index (χ1n) is 7.94. The van der Waals surface area contributed by atoms with Crippen LogP contribution >= 0.6 is 11.8 Å². The van der Waals surface area contributed by atoms with Crippen molar-refractivity contribution >= 4 is 28.7 Å². The van der Waals surface area contributed by atoms with E-state index in [-0.39, 0.29) is 11.7 Å². The second kappa shape index (κ2) is 11.4. The van der Waals surface area contributed by atoms with Crippen molar-refractivity contribution in [3.63, 3.8) is 0 Å². The first-order valence-corrected chi connectivity index (χ1v) is 8.82. The molecule has 132 valence electrons. The van der Waals surface area contributed by atoms with Crippen LogP contribution in [0, 0.1) is 10.1 Å². The Hall–Kier alpha value is -2.09. The maximum Gasteiger partial charge on any atom is 0.433 e. The second-order valence-corrected chi connectivity index (χ2v) is 6.04. The van der Waals surface area contributed by atoms with Gasteiger partial charge in [-0.05, 0) is 17.9 Å². The minimum atomic E-state index is -0.715. The highest BCUT2D eigenvalue weighted by Crippen LogP contribution is 2.20. The van der Waals surface area contributed by atoms with Crippen LogP contribution in [-0.2, 0) is 4.79 Å². The molecule has 7 nitrogen and oxygen atoms in total. The zero-order valence-corrected chi connectivity index (χ0v) is 14.5. The van der Waals surface area contributed by atoms with Crippen LogP contribution < -0.4 is 5.32 Å². The quantitative estimate of drug-likeness (QED) is 0.278. The predicted octanol–water partition coefficient (Wildman–Crippen LogP) is 4.05. The van der Waals surface area contributed by atoms with Gasteiger partial charge in [0.05, 0.1) is 6.07 Å². The molecule has 0 aliphatic rings. The number of furan rings is 1. The lowest BCUT2D eigenvalue weighted by atomic mass is 10.1. The van der Waals surface area contributed by atoms with E-state index in [0.29, 0.717) is 6.54 Å². The Morgan fingerprint density at radius 1 is 1.25 bits per heavy atom. The Morgan fingerprint density at radius 3 is 2.62 bits per heavy atom. The van der Waals surface area contributed by atoms with E-state index in [9.17, 15) is 19.7 Å². The molecule has 8 heteroatoms. The molecule has 1 N–H and O–H groups in total. The highest BCUT2D eigenvalue weighted by atomic mass is 32.2. The largest absolute Gasteiger partial charge is 0.433 e. The van der Waals surface area contributed by atoms with Crippen LogP contribution in [0.15, 0.2) is 28.0 Å². The van der Waals surface area contributed by atoms with Crippen LogP contribution in [0.1, 0.15) is 56.0 Å². The van der Waals surface area contributed by atoms with E-state index in [0.717, 1.165) is 30.7 Å². The normalized spacial score (nSPS) is 10.9. The maximum atomic E-state index is 11.7. The Bertz CT molecular complexity index is 583. The van der Waals surface area contributed by atoms with Gasteiger partial charge in [-0.3, -0.25) is 19.7 Å². The number of carbonyl (C=O) groups is 2. The van der Waals surface area contributed by atoms with Crippen molar-refractivity contribution in [1.29, 1.82) is 0 Å². The molecule has 0 radical (unpaired) electrons. The van der Waals surface area contributed by atoms with E-state index in [2.05, 4.69) is 12.2 Å². The Morgan fingerprint density at radius 2 is 1.96 bits per heavy atom. The minimum absolute atomic E-state index is 0.121. The average molecular weight is 354 g/mol. The van der Waals surface area contributed by atoms with Crippen molar-refractivity contribution in [1.82, 2.24) is 5.32 Å². The van der Waals surface area contributed by atoms with Gasteiger partial charge in [-0.1, -0.05) is 50.8 Å². The highest BCUT2D eigenvalue weighted by molar-refractivity contribution is 8.16. The summed E-state index contributed by atoms with van der Waals surface area (Å²) in [6, 6.07) is 2.35. The van der Waals surface area contributed by atoms with Crippen LogP contribution in [0.25, 0.3) is 0 Å². The fourth-order valence-electron chi connectivity index (χ4n) is 1.93. The van der Waals surface area contributed by atoms with Gasteiger partial charge in [0.15, 0.2) is 5.76 Å². The van der Waals surface area contributed by atoms with Gasteiger partial charge >= 0.3 is 5.88 Å². The van der Waals surface area contributed by atoms with Crippen molar-refractivity contribution < 1.29 is 18.9 Å². The molecule has 0 fully saturated rings. The summed E-state index contributed by atoms with van der Waals surface area (Å²) in [7, 11) is 0. The number of unbranched alkanes of at least 4 members (excludes halogenated alkanes) is 5. The van der Waals surface area contributed by atoms with E-state index < -0.39 is 15.9 Å². The molecule has 0 saturated carbocycles. The fourth-order valence-corrected chi connectivity index (χ4v) is 2.47. The number of hydrogen-bond acceptors (Lipinski definition) is 6. The summed E-state index contributed by atoms with van der Waals surface area (Å²) >= 11 is 0.739. The van der Waals surface area contributed by atoms with Crippen LogP contribution in [0.4, 0.5) is 5.88 Å². The van der Waals surface area contributed by atoms with Gasteiger partial charge in [-0.2, -0.15) is 0 Å².